The van der Waals surface area contributed by atoms with Gasteiger partial charge in [0.05, 0.1) is 6.61 Å². The van der Waals surface area contributed by atoms with Crippen LogP contribution < -0.4 is 0 Å². The Bertz CT molecular complexity index is 270. The van der Waals surface area contributed by atoms with Crippen LogP contribution in [0.5, 0.6) is 0 Å². The largest absolute Gasteiger partial charge is 0.395 e. The summed E-state index contributed by atoms with van der Waals surface area (Å²) in [6.07, 6.45) is 2.81. The van der Waals surface area contributed by atoms with E-state index in [0.29, 0.717) is 19.6 Å². The minimum Gasteiger partial charge on any atom is -0.395 e. The number of hydrogen-bond acceptors (Lipinski definition) is 4. The van der Waals surface area contributed by atoms with Crippen molar-refractivity contribution in [2.45, 2.75) is 67.2 Å². The number of rotatable bonds is 11. The number of carbonyl (C=O) groups excluding carboxylic acids is 2. The van der Waals surface area contributed by atoms with Crippen LogP contribution in [0.2, 0.25) is 0 Å². The third kappa shape index (κ3) is 17.2. The van der Waals surface area contributed by atoms with Crippen molar-refractivity contribution in [3.63, 3.8) is 0 Å². The van der Waals surface area contributed by atoms with Crippen molar-refractivity contribution < 1.29 is 19.4 Å². The summed E-state index contributed by atoms with van der Waals surface area (Å²) in [5.41, 5.74) is 0. The second-order valence-corrected chi connectivity index (χ2v) is 4.82. The Kier molecular flexibility index (Phi) is 24.7. The van der Waals surface area contributed by atoms with Crippen LogP contribution in [0.4, 0.5) is 0 Å². The lowest BCUT2D eigenvalue weighted by molar-refractivity contribution is -0.131. The zero-order chi connectivity index (χ0) is 18.7. The van der Waals surface area contributed by atoms with Crippen molar-refractivity contribution in [2.75, 3.05) is 33.4 Å². The first kappa shape index (κ1) is 26.9. The van der Waals surface area contributed by atoms with E-state index in [4.69, 9.17) is 9.84 Å². The molecule has 0 rings (SSSR count). The van der Waals surface area contributed by atoms with Gasteiger partial charge < -0.3 is 14.7 Å². The van der Waals surface area contributed by atoms with Gasteiger partial charge in [0.15, 0.2) is 5.78 Å². The molecule has 0 aromatic carbocycles. The van der Waals surface area contributed by atoms with Gasteiger partial charge in [-0.3, -0.25) is 9.59 Å². The van der Waals surface area contributed by atoms with Gasteiger partial charge in [-0.2, -0.15) is 0 Å². The van der Waals surface area contributed by atoms with E-state index in [1.807, 2.05) is 41.5 Å². The first-order chi connectivity index (χ1) is 11.0. The van der Waals surface area contributed by atoms with Gasteiger partial charge in [-0.05, 0) is 19.3 Å². The van der Waals surface area contributed by atoms with Gasteiger partial charge in [0, 0.05) is 32.5 Å². The molecule has 0 aromatic heterocycles. The highest BCUT2D eigenvalue weighted by Crippen LogP contribution is 2.03. The molecule has 1 N–H and O–H groups in total. The fourth-order valence-electron chi connectivity index (χ4n) is 1.49. The predicted octanol–water partition coefficient (Wildman–Crippen LogP) is 3.29. The predicted molar refractivity (Wildman–Crippen MR) is 96.6 cm³/mol. The topological polar surface area (TPSA) is 66.8 Å². The number of ether oxygens (including phenoxy) is 1. The summed E-state index contributed by atoms with van der Waals surface area (Å²) < 4.78 is 5.29. The third-order valence-corrected chi connectivity index (χ3v) is 3.20. The lowest BCUT2D eigenvalue weighted by Crippen LogP contribution is -2.29. The first-order valence-corrected chi connectivity index (χ1v) is 8.98. The number of ketones is 1. The smallest absolute Gasteiger partial charge is 0.222 e. The average molecular weight is 334 g/mol. The number of Topliss-reactive ketones (excluding diaryl/α,β-unsaturated/α-hetero) is 1. The molecule has 0 aliphatic carbocycles. The molecule has 140 valence electrons. The normalized spacial score (nSPS) is 10.6. The average Bonchev–Trinajstić information content (AvgIpc) is 2.60. The van der Waals surface area contributed by atoms with E-state index in [1.54, 1.807) is 7.05 Å². The van der Waals surface area contributed by atoms with Crippen LogP contribution in [0, 0.1) is 5.92 Å². The van der Waals surface area contributed by atoms with Crippen molar-refractivity contribution in [1.29, 1.82) is 0 Å². The van der Waals surface area contributed by atoms with Crippen LogP contribution in [-0.4, -0.2) is 55.1 Å². The molecule has 5 nitrogen and oxygen atoms in total. The summed E-state index contributed by atoms with van der Waals surface area (Å²) in [6, 6.07) is 0. The molecule has 1 unspecified atom stereocenters. The number of hydrogen-bond donors (Lipinski definition) is 1. The molecule has 0 saturated heterocycles. The van der Waals surface area contributed by atoms with Gasteiger partial charge in [-0.1, -0.05) is 41.5 Å². The standard InChI is InChI=1S/C14H27NO4.2C2H6/c1-4-12(2)13(17)11-19-10-6-5-7-14(18)15(3)8-9-16;2*1-2/h12,16H,4-11H2,1-3H3;2*1-2H3. The van der Waals surface area contributed by atoms with Crippen LogP contribution in [0.25, 0.3) is 0 Å². The van der Waals surface area contributed by atoms with E-state index in [9.17, 15) is 9.59 Å². The number of unbranched alkanes of at least 4 members (excludes halogenated alkanes) is 1. The van der Waals surface area contributed by atoms with Gasteiger partial charge >= 0.3 is 0 Å². The lowest BCUT2D eigenvalue weighted by Gasteiger charge is -2.15. The minimum atomic E-state index is -0.0108. The Balaban J connectivity index is -0.000000919. The van der Waals surface area contributed by atoms with Crippen LogP contribution in [0.15, 0.2) is 0 Å². The highest BCUT2D eigenvalue weighted by molar-refractivity contribution is 5.81. The zero-order valence-corrected chi connectivity index (χ0v) is 16.4. The fraction of sp³-hybridized carbons (Fsp3) is 0.889. The van der Waals surface area contributed by atoms with Gasteiger partial charge in [0.1, 0.15) is 6.61 Å². The second kappa shape index (κ2) is 21.1. The van der Waals surface area contributed by atoms with Crippen molar-refractivity contribution in [1.82, 2.24) is 4.90 Å². The molecule has 0 bridgehead atoms. The Morgan fingerprint density at radius 3 is 2.17 bits per heavy atom. The van der Waals surface area contributed by atoms with Crippen LogP contribution >= 0.6 is 0 Å². The molecule has 0 aliphatic rings. The van der Waals surface area contributed by atoms with Crippen LogP contribution in [-0.2, 0) is 14.3 Å². The van der Waals surface area contributed by atoms with Gasteiger partial charge in [-0.25, -0.2) is 0 Å². The van der Waals surface area contributed by atoms with Crippen molar-refractivity contribution in [3.8, 4) is 0 Å². The molecule has 1 amide bonds. The van der Waals surface area contributed by atoms with E-state index in [1.165, 1.54) is 4.90 Å². The maximum absolute atomic E-state index is 11.5. The van der Waals surface area contributed by atoms with E-state index in [-0.39, 0.29) is 30.8 Å². The van der Waals surface area contributed by atoms with E-state index >= 15 is 0 Å². The maximum Gasteiger partial charge on any atom is 0.222 e. The Morgan fingerprint density at radius 2 is 1.70 bits per heavy atom. The Morgan fingerprint density at radius 1 is 1.13 bits per heavy atom. The zero-order valence-electron chi connectivity index (χ0n) is 16.4. The first-order valence-electron chi connectivity index (χ1n) is 8.98. The highest BCUT2D eigenvalue weighted by atomic mass is 16.5. The summed E-state index contributed by atoms with van der Waals surface area (Å²) in [7, 11) is 1.68. The molecule has 0 spiro atoms. The summed E-state index contributed by atoms with van der Waals surface area (Å²) in [5.74, 6) is 0.236. The molecule has 0 fully saturated rings. The highest BCUT2D eigenvalue weighted by Gasteiger charge is 2.10. The molecule has 0 heterocycles. The summed E-state index contributed by atoms with van der Waals surface area (Å²) in [5, 5.41) is 8.70. The van der Waals surface area contributed by atoms with Crippen LogP contribution in [0.1, 0.15) is 67.2 Å². The fourth-order valence-corrected chi connectivity index (χ4v) is 1.49. The number of aliphatic hydroxyl groups is 1. The van der Waals surface area contributed by atoms with E-state index in [0.717, 1.165) is 19.3 Å². The molecular formula is C18H39NO4. The Labute approximate surface area is 143 Å². The molecule has 0 aromatic rings. The molecular weight excluding hydrogens is 294 g/mol. The molecule has 23 heavy (non-hydrogen) atoms. The van der Waals surface area contributed by atoms with Gasteiger partial charge in [0.25, 0.3) is 0 Å². The van der Waals surface area contributed by atoms with Gasteiger partial charge in [0.2, 0.25) is 5.91 Å². The summed E-state index contributed by atoms with van der Waals surface area (Å²) >= 11 is 0. The van der Waals surface area contributed by atoms with Crippen LogP contribution in [0.3, 0.4) is 0 Å². The SMILES string of the molecule is CC.CC.CCC(C)C(=O)COCCCCC(=O)N(C)CCO. The molecule has 0 aliphatic heterocycles. The molecule has 1 atom stereocenters. The summed E-state index contributed by atoms with van der Waals surface area (Å²) in [4.78, 5) is 24.5. The van der Waals surface area contributed by atoms with Crippen molar-refractivity contribution in [2.24, 2.45) is 5.92 Å². The van der Waals surface area contributed by atoms with Crippen molar-refractivity contribution >= 4 is 11.7 Å². The molecule has 5 heteroatoms. The number of amides is 1. The maximum atomic E-state index is 11.5. The second-order valence-electron chi connectivity index (χ2n) is 4.82. The number of likely N-dealkylation sites (N-methyl/N-ethyl adjacent to an activating group) is 1. The summed E-state index contributed by atoms with van der Waals surface area (Å²) in [6.45, 7) is 12.9. The number of carbonyl (C=O) groups is 2. The van der Waals surface area contributed by atoms with Gasteiger partial charge in [-0.15, -0.1) is 0 Å². The third-order valence-electron chi connectivity index (χ3n) is 3.20. The number of nitrogens with zero attached hydrogens (tertiary/aromatic N) is 1. The monoisotopic (exact) mass is 333 g/mol. The minimum absolute atomic E-state index is 0.0108. The quantitative estimate of drug-likeness (QED) is 0.589. The molecule has 0 saturated carbocycles. The number of aliphatic hydroxyl groups excluding tert-OH is 1. The van der Waals surface area contributed by atoms with Crippen molar-refractivity contribution in [3.05, 3.63) is 0 Å². The lowest BCUT2D eigenvalue weighted by atomic mass is 10.1. The van der Waals surface area contributed by atoms with E-state index < -0.39 is 0 Å². The Hall–Kier alpha value is -0.940. The molecule has 0 radical (unpaired) electrons. The van der Waals surface area contributed by atoms with E-state index in [2.05, 4.69) is 0 Å².